The van der Waals surface area contributed by atoms with Crippen molar-refractivity contribution in [3.05, 3.63) is 66.0 Å². The molecule has 0 N–H and O–H groups in total. The Morgan fingerprint density at radius 2 is 1.62 bits per heavy atom. The van der Waals surface area contributed by atoms with Crippen molar-refractivity contribution in [2.45, 2.75) is 0 Å². The fraction of sp³-hybridized carbons (Fsp3) is 0.143. The molecule has 0 bridgehead atoms. The Hall–Kier alpha value is -3.94. The normalized spacial score (nSPS) is 10.9. The van der Waals surface area contributed by atoms with Crippen molar-refractivity contribution < 1.29 is 19.1 Å². The second-order valence-corrected chi connectivity index (χ2v) is 6.35. The highest BCUT2D eigenvalue weighted by Crippen LogP contribution is 2.33. The summed E-state index contributed by atoms with van der Waals surface area (Å²) in [5.41, 5.74) is 2.20. The lowest BCUT2D eigenvalue weighted by Crippen LogP contribution is -2.15. The van der Waals surface area contributed by atoms with Gasteiger partial charge in [-0.1, -0.05) is 36.4 Å². The van der Waals surface area contributed by atoms with Gasteiger partial charge in [0.1, 0.15) is 16.8 Å². The fourth-order valence-corrected chi connectivity index (χ4v) is 3.30. The average molecular weight is 390 g/mol. The molecule has 0 unspecified atom stereocenters. The first-order chi connectivity index (χ1) is 14.0. The molecule has 0 fully saturated rings. The van der Waals surface area contributed by atoms with Crippen molar-refractivity contribution in [2.75, 3.05) is 14.2 Å². The van der Waals surface area contributed by atoms with E-state index in [1.54, 1.807) is 22.9 Å². The maximum absolute atomic E-state index is 12.7. The van der Waals surface area contributed by atoms with E-state index in [4.69, 9.17) is 9.47 Å². The molecule has 8 heteroatoms. The number of rotatable bonds is 4. The Bertz CT molecular complexity index is 1220. The summed E-state index contributed by atoms with van der Waals surface area (Å²) < 4.78 is 13.0. The number of carbonyl (C=O) groups excluding carboxylic acids is 2. The van der Waals surface area contributed by atoms with Gasteiger partial charge in [0.15, 0.2) is 5.69 Å². The number of para-hydroxylation sites is 1. The molecule has 0 aliphatic carbocycles. The van der Waals surface area contributed by atoms with Crippen LogP contribution in [-0.4, -0.2) is 45.7 Å². The number of aryl methyl sites for hydroxylation is 1. The Morgan fingerprint density at radius 1 is 0.897 bits per heavy atom. The van der Waals surface area contributed by atoms with Gasteiger partial charge >= 0.3 is 11.9 Å². The molecule has 0 amide bonds. The molecule has 146 valence electrons. The molecular weight excluding hydrogens is 372 g/mol. The maximum atomic E-state index is 12.7. The molecule has 0 atom stereocenters. The van der Waals surface area contributed by atoms with Crippen molar-refractivity contribution in [1.82, 2.24) is 19.6 Å². The highest BCUT2D eigenvalue weighted by molar-refractivity contribution is 6.09. The molecule has 2 aromatic carbocycles. The van der Waals surface area contributed by atoms with Crippen molar-refractivity contribution >= 4 is 22.8 Å². The predicted molar refractivity (Wildman–Crippen MR) is 106 cm³/mol. The van der Waals surface area contributed by atoms with Gasteiger partial charge in [0, 0.05) is 24.2 Å². The van der Waals surface area contributed by atoms with Crippen molar-refractivity contribution in [3.8, 4) is 16.9 Å². The van der Waals surface area contributed by atoms with E-state index in [2.05, 4.69) is 10.2 Å². The average Bonchev–Trinajstić information content (AvgIpc) is 3.33. The number of benzene rings is 2. The van der Waals surface area contributed by atoms with Gasteiger partial charge in [-0.15, -0.1) is 0 Å². The van der Waals surface area contributed by atoms with E-state index in [0.29, 0.717) is 22.5 Å². The van der Waals surface area contributed by atoms with Crippen molar-refractivity contribution in [2.24, 2.45) is 7.05 Å². The lowest BCUT2D eigenvalue weighted by molar-refractivity contribution is 0.0549. The zero-order chi connectivity index (χ0) is 20.5. The monoisotopic (exact) mass is 390 g/mol. The lowest BCUT2D eigenvalue weighted by atomic mass is 10.0. The number of hydrogen-bond acceptors (Lipinski definition) is 6. The summed E-state index contributed by atoms with van der Waals surface area (Å²) >= 11 is 0. The molecular formula is C21H18N4O4. The zero-order valence-electron chi connectivity index (χ0n) is 16.1. The molecule has 0 saturated carbocycles. The molecule has 4 rings (SSSR count). The molecule has 2 aromatic heterocycles. The number of hydrogen-bond donors (Lipinski definition) is 0. The number of esters is 2. The van der Waals surface area contributed by atoms with Gasteiger partial charge in [-0.25, -0.2) is 14.3 Å². The van der Waals surface area contributed by atoms with Crippen LogP contribution in [0.5, 0.6) is 0 Å². The largest absolute Gasteiger partial charge is 0.465 e. The SMILES string of the molecule is COC(=O)c1c(-c2cccc3cn(C)nc23)nn(-c2ccccc2)c1C(=O)OC. The third kappa shape index (κ3) is 3.04. The first kappa shape index (κ1) is 18.4. The maximum Gasteiger partial charge on any atom is 0.357 e. The molecule has 0 aliphatic rings. The number of ether oxygens (including phenoxy) is 2. The van der Waals surface area contributed by atoms with E-state index in [-0.39, 0.29) is 11.3 Å². The first-order valence-corrected chi connectivity index (χ1v) is 8.83. The number of carbonyl (C=O) groups is 2. The standard InChI is InChI=1S/C21H18N4O4/c1-24-12-13-8-7-11-15(17(13)22-24)18-16(20(26)28-2)19(21(27)29-3)25(23-18)14-9-5-4-6-10-14/h4-12H,1-3H3. The van der Waals surface area contributed by atoms with Crippen LogP contribution in [0, 0.1) is 0 Å². The highest BCUT2D eigenvalue weighted by Gasteiger charge is 2.32. The number of methoxy groups -OCH3 is 2. The summed E-state index contributed by atoms with van der Waals surface area (Å²) in [5, 5.41) is 9.99. The molecule has 4 aromatic rings. The van der Waals surface area contributed by atoms with Gasteiger partial charge in [0.05, 0.1) is 19.9 Å². The summed E-state index contributed by atoms with van der Waals surface area (Å²) in [6, 6.07) is 14.6. The predicted octanol–water partition coefficient (Wildman–Crippen LogP) is 3.00. The smallest absolute Gasteiger partial charge is 0.357 e. The number of nitrogens with zero attached hydrogens (tertiary/aromatic N) is 4. The van der Waals surface area contributed by atoms with E-state index in [0.717, 1.165) is 5.39 Å². The minimum Gasteiger partial charge on any atom is -0.465 e. The van der Waals surface area contributed by atoms with Crippen molar-refractivity contribution in [1.29, 1.82) is 0 Å². The quantitative estimate of drug-likeness (QED) is 0.498. The molecule has 8 nitrogen and oxygen atoms in total. The fourth-order valence-electron chi connectivity index (χ4n) is 3.30. The van der Waals surface area contributed by atoms with Crippen LogP contribution in [0.2, 0.25) is 0 Å². The van der Waals surface area contributed by atoms with Crippen LogP contribution in [0.4, 0.5) is 0 Å². The minimum absolute atomic E-state index is 0.00603. The van der Waals surface area contributed by atoms with Crippen LogP contribution >= 0.6 is 0 Å². The zero-order valence-corrected chi connectivity index (χ0v) is 16.1. The number of fused-ring (bicyclic) bond motifs is 1. The van der Waals surface area contributed by atoms with E-state index < -0.39 is 11.9 Å². The lowest BCUT2D eigenvalue weighted by Gasteiger charge is -2.07. The van der Waals surface area contributed by atoms with Crippen LogP contribution < -0.4 is 0 Å². The van der Waals surface area contributed by atoms with Gasteiger partial charge < -0.3 is 9.47 Å². The van der Waals surface area contributed by atoms with Crippen LogP contribution in [0.25, 0.3) is 27.8 Å². The molecule has 0 radical (unpaired) electrons. The Morgan fingerprint density at radius 3 is 2.31 bits per heavy atom. The van der Waals surface area contributed by atoms with Gasteiger partial charge in [-0.3, -0.25) is 4.68 Å². The third-order valence-corrected chi connectivity index (χ3v) is 4.56. The summed E-state index contributed by atoms with van der Waals surface area (Å²) in [6.07, 6.45) is 1.87. The number of aromatic nitrogens is 4. The van der Waals surface area contributed by atoms with Gasteiger partial charge in [0.25, 0.3) is 0 Å². The molecule has 2 heterocycles. The van der Waals surface area contributed by atoms with Gasteiger partial charge in [-0.2, -0.15) is 10.2 Å². The Labute approximate surface area is 166 Å². The van der Waals surface area contributed by atoms with Crippen LogP contribution in [0.3, 0.4) is 0 Å². The minimum atomic E-state index is -0.693. The van der Waals surface area contributed by atoms with Gasteiger partial charge in [-0.05, 0) is 12.1 Å². The molecule has 0 spiro atoms. The first-order valence-electron chi connectivity index (χ1n) is 8.83. The molecule has 0 aliphatic heterocycles. The van der Waals surface area contributed by atoms with E-state index in [9.17, 15) is 9.59 Å². The summed E-state index contributed by atoms with van der Waals surface area (Å²) in [5.74, 6) is -1.38. The Balaban J connectivity index is 2.09. The summed E-state index contributed by atoms with van der Waals surface area (Å²) in [4.78, 5) is 25.4. The second-order valence-electron chi connectivity index (χ2n) is 6.35. The molecule has 29 heavy (non-hydrogen) atoms. The van der Waals surface area contributed by atoms with E-state index in [1.807, 2.05) is 43.6 Å². The Kier molecular flexibility index (Phi) is 4.59. The highest BCUT2D eigenvalue weighted by atomic mass is 16.5. The van der Waals surface area contributed by atoms with Crippen LogP contribution in [0.1, 0.15) is 20.8 Å². The topological polar surface area (TPSA) is 88.2 Å². The van der Waals surface area contributed by atoms with Crippen molar-refractivity contribution in [3.63, 3.8) is 0 Å². The van der Waals surface area contributed by atoms with Gasteiger partial charge in [0.2, 0.25) is 0 Å². The summed E-state index contributed by atoms with van der Waals surface area (Å²) in [7, 11) is 4.33. The summed E-state index contributed by atoms with van der Waals surface area (Å²) in [6.45, 7) is 0. The molecule has 0 saturated heterocycles. The van der Waals surface area contributed by atoms with Crippen LogP contribution in [0.15, 0.2) is 54.7 Å². The third-order valence-electron chi connectivity index (χ3n) is 4.56. The van der Waals surface area contributed by atoms with E-state index >= 15 is 0 Å². The second kappa shape index (κ2) is 7.23. The van der Waals surface area contributed by atoms with Crippen LogP contribution in [-0.2, 0) is 16.5 Å². The van der Waals surface area contributed by atoms with E-state index in [1.165, 1.54) is 18.9 Å².